The fourth-order valence-corrected chi connectivity index (χ4v) is 2.89. The average Bonchev–Trinajstić information content (AvgIpc) is 2.78. The van der Waals surface area contributed by atoms with Gasteiger partial charge in [0.05, 0.1) is 34.2 Å². The Morgan fingerprint density at radius 1 is 1.18 bits per heavy atom. The molecule has 2 aromatic heterocycles. The minimum atomic E-state index is -0.511. The molecule has 1 unspecified atom stereocenters. The Balaban J connectivity index is 0.00000122. The van der Waals surface area contributed by atoms with Gasteiger partial charge in [-0.1, -0.05) is 52.0 Å². The van der Waals surface area contributed by atoms with E-state index in [2.05, 4.69) is 46.0 Å². The smallest absolute Gasteiger partial charge is 0.257 e. The van der Waals surface area contributed by atoms with Gasteiger partial charge in [0.25, 0.3) is 5.91 Å². The molecule has 7 heteroatoms. The number of carbonyl (C=O) groups excluding carboxylic acids is 1. The highest BCUT2D eigenvalue weighted by Gasteiger charge is 2.12. The minimum Gasteiger partial charge on any atom is -0.362 e. The molecule has 0 spiro atoms. The molecule has 6 nitrogen and oxygen atoms in total. The van der Waals surface area contributed by atoms with Crippen LogP contribution in [0.1, 0.15) is 68.2 Å². The third kappa shape index (κ3) is 7.49. The van der Waals surface area contributed by atoms with E-state index in [1.807, 2.05) is 38.1 Å². The molecule has 0 bridgehead atoms. The maximum absolute atomic E-state index is 13.7. The van der Waals surface area contributed by atoms with E-state index in [4.69, 9.17) is 0 Å². The number of nitrogens with zero attached hydrogens (tertiary/aromatic N) is 3. The molecule has 1 aromatic carbocycles. The van der Waals surface area contributed by atoms with Crippen LogP contribution in [-0.4, -0.2) is 20.9 Å². The van der Waals surface area contributed by atoms with Crippen molar-refractivity contribution in [3.05, 3.63) is 76.1 Å². The lowest BCUT2D eigenvalue weighted by Gasteiger charge is -2.16. The van der Waals surface area contributed by atoms with Crippen LogP contribution >= 0.6 is 0 Å². The lowest BCUT2D eigenvalue weighted by atomic mass is 10.1. The summed E-state index contributed by atoms with van der Waals surface area (Å²) in [7, 11) is 0. The van der Waals surface area contributed by atoms with Crippen molar-refractivity contribution in [2.75, 3.05) is 10.6 Å². The maximum atomic E-state index is 13.7. The van der Waals surface area contributed by atoms with E-state index in [1.165, 1.54) is 18.7 Å². The Labute approximate surface area is 194 Å². The Morgan fingerprint density at radius 3 is 2.55 bits per heavy atom. The molecular formula is C26H32FN5O. The average molecular weight is 450 g/mol. The van der Waals surface area contributed by atoms with Crippen molar-refractivity contribution in [3.8, 4) is 0 Å². The number of halogens is 1. The molecule has 0 saturated carbocycles. The topological polar surface area (TPSA) is 79.8 Å². The van der Waals surface area contributed by atoms with Crippen LogP contribution in [-0.2, 0) is 0 Å². The number of carbonyl (C=O) groups is 1. The molecule has 33 heavy (non-hydrogen) atoms. The fraction of sp³-hybridized carbons (Fsp3) is 0.308. The van der Waals surface area contributed by atoms with Gasteiger partial charge in [0.2, 0.25) is 0 Å². The number of anilines is 2. The zero-order chi connectivity index (χ0) is 24.4. The van der Waals surface area contributed by atoms with Crippen LogP contribution in [0.3, 0.4) is 0 Å². The number of aromatic nitrogens is 3. The second-order valence-electron chi connectivity index (χ2n) is 7.64. The number of pyridine rings is 1. The van der Waals surface area contributed by atoms with Crippen molar-refractivity contribution < 1.29 is 9.18 Å². The lowest BCUT2D eigenvalue weighted by Crippen LogP contribution is -2.30. The van der Waals surface area contributed by atoms with Crippen molar-refractivity contribution in [1.82, 2.24) is 15.0 Å². The van der Waals surface area contributed by atoms with E-state index in [0.29, 0.717) is 16.9 Å². The van der Waals surface area contributed by atoms with E-state index in [9.17, 15) is 9.18 Å². The summed E-state index contributed by atoms with van der Waals surface area (Å²) in [5.41, 5.74) is 1.96. The standard InChI is InChI=1S/C23H24FN5O.C3H8/c1-5-7-21-16(4)28-22(13-26-21)27-14(2)17-8-6-9-19(10-17)29-23(30)18-11-20(24)15(3)25-12-18;1-3-2/h6-14H,4-5H2,1-3H3,(H,27,28)(H,29,30);3H2,1-2H3/b21-7+;. The first-order valence-electron chi connectivity index (χ1n) is 11.1. The minimum absolute atomic E-state index is 0.0879. The third-order valence-electron chi connectivity index (χ3n) is 4.57. The number of benzene rings is 1. The van der Waals surface area contributed by atoms with Gasteiger partial charge in [0.1, 0.15) is 11.6 Å². The van der Waals surface area contributed by atoms with Gasteiger partial charge in [-0.15, -0.1) is 0 Å². The van der Waals surface area contributed by atoms with E-state index in [0.717, 1.165) is 17.3 Å². The van der Waals surface area contributed by atoms with Crippen LogP contribution in [0.15, 0.2) is 42.7 Å². The highest BCUT2D eigenvalue weighted by Crippen LogP contribution is 2.21. The van der Waals surface area contributed by atoms with E-state index < -0.39 is 11.7 Å². The first-order valence-corrected chi connectivity index (χ1v) is 11.1. The maximum Gasteiger partial charge on any atom is 0.257 e. The second-order valence-corrected chi connectivity index (χ2v) is 7.64. The number of hydrogen-bond donors (Lipinski definition) is 2. The van der Waals surface area contributed by atoms with Crippen LogP contribution in [0, 0.1) is 12.7 Å². The zero-order valence-electron chi connectivity index (χ0n) is 19.9. The number of hydrogen-bond acceptors (Lipinski definition) is 5. The SMILES string of the molecule is C=c1nc(NC(C)c2cccc(NC(=O)c3cnc(C)c(F)c3)c2)cn/c1=C/CC.CCC. The zero-order valence-corrected chi connectivity index (χ0v) is 19.9. The Kier molecular flexibility index (Phi) is 9.66. The summed E-state index contributed by atoms with van der Waals surface area (Å²) in [4.78, 5) is 25.1. The first-order chi connectivity index (χ1) is 15.8. The quantitative estimate of drug-likeness (QED) is 0.567. The molecule has 2 N–H and O–H groups in total. The van der Waals surface area contributed by atoms with Gasteiger partial charge in [-0.2, -0.15) is 0 Å². The van der Waals surface area contributed by atoms with Crippen LogP contribution < -0.4 is 21.3 Å². The Morgan fingerprint density at radius 2 is 1.91 bits per heavy atom. The van der Waals surface area contributed by atoms with E-state index in [-0.39, 0.29) is 17.3 Å². The van der Waals surface area contributed by atoms with Gasteiger partial charge in [-0.25, -0.2) is 9.37 Å². The second kappa shape index (κ2) is 12.4. The molecule has 3 rings (SSSR count). The number of aryl methyl sites for hydroxylation is 1. The molecule has 0 saturated heterocycles. The van der Waals surface area contributed by atoms with Crippen molar-refractivity contribution in [2.45, 2.75) is 53.5 Å². The third-order valence-corrected chi connectivity index (χ3v) is 4.57. The molecule has 2 heterocycles. The van der Waals surface area contributed by atoms with Gasteiger partial charge in [-0.3, -0.25) is 14.8 Å². The molecule has 0 fully saturated rings. The normalized spacial score (nSPS) is 11.9. The Hall–Kier alpha value is -3.61. The highest BCUT2D eigenvalue weighted by molar-refractivity contribution is 6.04. The van der Waals surface area contributed by atoms with Gasteiger partial charge in [-0.05, 0) is 44.0 Å². The summed E-state index contributed by atoms with van der Waals surface area (Å²) < 4.78 is 13.7. The molecule has 3 aromatic rings. The summed E-state index contributed by atoms with van der Waals surface area (Å²) in [5.74, 6) is -0.312. The van der Waals surface area contributed by atoms with Crippen molar-refractivity contribution >= 4 is 30.1 Å². The largest absolute Gasteiger partial charge is 0.362 e. The van der Waals surface area contributed by atoms with Crippen molar-refractivity contribution in [1.29, 1.82) is 0 Å². The van der Waals surface area contributed by atoms with Crippen molar-refractivity contribution in [2.24, 2.45) is 0 Å². The molecule has 0 aliphatic carbocycles. The summed E-state index contributed by atoms with van der Waals surface area (Å²) in [6, 6.07) is 8.50. The van der Waals surface area contributed by atoms with Gasteiger partial charge >= 0.3 is 0 Å². The predicted octanol–water partition coefficient (Wildman–Crippen LogP) is 4.76. The number of rotatable bonds is 6. The molecule has 0 aliphatic heterocycles. The molecule has 1 atom stereocenters. The fourth-order valence-electron chi connectivity index (χ4n) is 2.89. The molecule has 0 radical (unpaired) electrons. The number of nitrogens with one attached hydrogen (secondary N) is 2. The summed E-state index contributed by atoms with van der Waals surface area (Å²) in [6.07, 6.45) is 7.13. The van der Waals surface area contributed by atoms with Crippen LogP contribution in [0.5, 0.6) is 0 Å². The van der Waals surface area contributed by atoms with Gasteiger partial charge in [0, 0.05) is 11.9 Å². The van der Waals surface area contributed by atoms with Crippen molar-refractivity contribution in [3.63, 3.8) is 0 Å². The summed E-state index contributed by atoms with van der Waals surface area (Å²) in [5, 5.41) is 7.47. The monoisotopic (exact) mass is 449 g/mol. The predicted molar refractivity (Wildman–Crippen MR) is 133 cm³/mol. The Bertz CT molecular complexity index is 1200. The van der Waals surface area contributed by atoms with E-state index >= 15 is 0 Å². The lowest BCUT2D eigenvalue weighted by molar-refractivity contribution is 0.102. The van der Waals surface area contributed by atoms with Gasteiger partial charge < -0.3 is 10.6 Å². The van der Waals surface area contributed by atoms with Crippen LogP contribution in [0.2, 0.25) is 0 Å². The molecular weight excluding hydrogens is 417 g/mol. The highest BCUT2D eigenvalue weighted by atomic mass is 19.1. The summed E-state index contributed by atoms with van der Waals surface area (Å²) in [6.45, 7) is 13.8. The molecule has 1 amide bonds. The van der Waals surface area contributed by atoms with Gasteiger partial charge in [0.15, 0.2) is 0 Å². The van der Waals surface area contributed by atoms with E-state index in [1.54, 1.807) is 19.2 Å². The molecule has 174 valence electrons. The van der Waals surface area contributed by atoms with Crippen LogP contribution in [0.4, 0.5) is 15.9 Å². The summed E-state index contributed by atoms with van der Waals surface area (Å²) >= 11 is 0. The molecule has 0 aliphatic rings. The number of amides is 1. The first kappa shape index (κ1) is 25.6. The van der Waals surface area contributed by atoms with Crippen LogP contribution in [0.25, 0.3) is 12.7 Å².